The summed E-state index contributed by atoms with van der Waals surface area (Å²) in [6.07, 6.45) is 3.81. The largest absolute Gasteiger partial charge is 0.361 e. The Balaban J connectivity index is 1.89. The molecule has 108 valence electrons. The van der Waals surface area contributed by atoms with Gasteiger partial charge in [-0.15, -0.1) is 0 Å². The summed E-state index contributed by atoms with van der Waals surface area (Å²) in [5, 5.41) is 4.52. The molecule has 1 aromatic heterocycles. The Morgan fingerprint density at radius 3 is 2.86 bits per heavy atom. The van der Waals surface area contributed by atoms with Crippen molar-refractivity contribution in [3.05, 3.63) is 63.2 Å². The van der Waals surface area contributed by atoms with E-state index in [4.69, 9.17) is 11.6 Å². The van der Waals surface area contributed by atoms with Crippen LogP contribution in [0.2, 0.25) is 5.02 Å². The zero-order valence-corrected chi connectivity index (χ0v) is 13.6. The summed E-state index contributed by atoms with van der Waals surface area (Å²) < 4.78 is 1.00. The van der Waals surface area contributed by atoms with Crippen LogP contribution in [-0.4, -0.2) is 10.9 Å². The van der Waals surface area contributed by atoms with E-state index in [0.29, 0.717) is 10.6 Å². The molecule has 0 bridgehead atoms. The van der Waals surface area contributed by atoms with Gasteiger partial charge in [0.15, 0.2) is 0 Å². The van der Waals surface area contributed by atoms with Crippen LogP contribution in [0.4, 0.5) is 5.69 Å². The second-order valence-corrected chi connectivity index (χ2v) is 6.49. The van der Waals surface area contributed by atoms with Crippen molar-refractivity contribution >= 4 is 61.7 Å². The molecule has 22 heavy (non-hydrogen) atoms. The number of fused-ring (bicyclic) bond motifs is 2. The second kappa shape index (κ2) is 5.00. The number of anilines is 1. The lowest BCUT2D eigenvalue weighted by Gasteiger charge is -1.99. The van der Waals surface area contributed by atoms with Crippen LogP contribution in [-0.2, 0) is 4.79 Å². The van der Waals surface area contributed by atoms with Crippen LogP contribution >= 0.6 is 27.5 Å². The minimum atomic E-state index is -0.110. The fourth-order valence-electron chi connectivity index (χ4n) is 2.70. The molecule has 0 spiro atoms. The summed E-state index contributed by atoms with van der Waals surface area (Å²) in [7, 11) is 0. The summed E-state index contributed by atoms with van der Waals surface area (Å²) in [5.41, 5.74) is 4.28. The van der Waals surface area contributed by atoms with Crippen LogP contribution in [0, 0.1) is 0 Å². The Morgan fingerprint density at radius 2 is 2.00 bits per heavy atom. The number of aromatic nitrogens is 1. The fraction of sp³-hybridized carbons (Fsp3) is 0. The van der Waals surface area contributed by atoms with E-state index in [-0.39, 0.29) is 5.91 Å². The summed E-state index contributed by atoms with van der Waals surface area (Å²) in [5.74, 6) is -0.110. The number of aromatic amines is 1. The molecule has 0 unspecified atom stereocenters. The highest BCUT2D eigenvalue weighted by Crippen LogP contribution is 2.36. The first-order chi connectivity index (χ1) is 10.6. The standard InChI is InChI=1S/C17H10BrClN2O/c18-10-1-4-15-13(6-10)9(8-20-15)5-14-12-3-2-11(19)7-16(12)21-17(14)22/h1-8,20H,(H,21,22)/b14-5+. The smallest absolute Gasteiger partial charge is 0.256 e. The number of benzene rings is 2. The molecule has 2 N–H and O–H groups in total. The SMILES string of the molecule is O=C1Nc2cc(Cl)ccc2/C1=C\c1c[nH]c2ccc(Br)cc12. The van der Waals surface area contributed by atoms with E-state index < -0.39 is 0 Å². The number of hydrogen-bond acceptors (Lipinski definition) is 1. The van der Waals surface area contributed by atoms with Gasteiger partial charge in [-0.1, -0.05) is 33.6 Å². The minimum absolute atomic E-state index is 0.110. The molecule has 0 radical (unpaired) electrons. The minimum Gasteiger partial charge on any atom is -0.361 e. The highest BCUT2D eigenvalue weighted by molar-refractivity contribution is 9.10. The van der Waals surface area contributed by atoms with Gasteiger partial charge in [-0.3, -0.25) is 4.79 Å². The molecule has 0 atom stereocenters. The zero-order valence-electron chi connectivity index (χ0n) is 11.3. The van der Waals surface area contributed by atoms with E-state index >= 15 is 0 Å². The molecular weight excluding hydrogens is 364 g/mol. The predicted molar refractivity (Wildman–Crippen MR) is 94.0 cm³/mol. The third-order valence-corrected chi connectivity index (χ3v) is 4.47. The molecule has 1 aliphatic heterocycles. The Hall–Kier alpha value is -2.04. The summed E-state index contributed by atoms with van der Waals surface area (Å²) in [6.45, 7) is 0. The van der Waals surface area contributed by atoms with E-state index in [1.807, 2.05) is 36.5 Å². The van der Waals surface area contributed by atoms with Gasteiger partial charge in [-0.2, -0.15) is 0 Å². The highest BCUT2D eigenvalue weighted by Gasteiger charge is 2.24. The van der Waals surface area contributed by atoms with Gasteiger partial charge in [-0.05, 0) is 36.4 Å². The van der Waals surface area contributed by atoms with Crippen LogP contribution in [0.15, 0.2) is 47.1 Å². The first-order valence-electron chi connectivity index (χ1n) is 6.71. The Labute approximate surface area is 140 Å². The van der Waals surface area contributed by atoms with Crippen LogP contribution in [0.3, 0.4) is 0 Å². The van der Waals surface area contributed by atoms with Gasteiger partial charge in [0.25, 0.3) is 5.91 Å². The van der Waals surface area contributed by atoms with Gasteiger partial charge in [-0.25, -0.2) is 0 Å². The van der Waals surface area contributed by atoms with Crippen molar-refractivity contribution in [3.8, 4) is 0 Å². The van der Waals surface area contributed by atoms with Crippen LogP contribution in [0.1, 0.15) is 11.1 Å². The molecule has 2 aromatic carbocycles. The molecule has 1 amide bonds. The van der Waals surface area contributed by atoms with E-state index in [1.165, 1.54) is 0 Å². The molecule has 1 aliphatic rings. The van der Waals surface area contributed by atoms with Gasteiger partial charge in [0.2, 0.25) is 0 Å². The quantitative estimate of drug-likeness (QED) is 0.574. The van der Waals surface area contributed by atoms with E-state index in [9.17, 15) is 4.79 Å². The Kier molecular flexibility index (Phi) is 3.10. The average molecular weight is 374 g/mol. The van der Waals surface area contributed by atoms with Crippen molar-refractivity contribution in [1.82, 2.24) is 4.98 Å². The van der Waals surface area contributed by atoms with Gasteiger partial charge in [0, 0.05) is 43.3 Å². The number of H-pyrrole nitrogens is 1. The molecule has 5 heteroatoms. The second-order valence-electron chi connectivity index (χ2n) is 5.14. The molecule has 0 fully saturated rings. The molecule has 4 rings (SSSR count). The Bertz CT molecular complexity index is 958. The van der Waals surface area contributed by atoms with Crippen LogP contribution in [0.5, 0.6) is 0 Å². The number of nitrogens with one attached hydrogen (secondary N) is 2. The first-order valence-corrected chi connectivity index (χ1v) is 7.88. The topological polar surface area (TPSA) is 44.9 Å². The maximum Gasteiger partial charge on any atom is 0.256 e. The van der Waals surface area contributed by atoms with Gasteiger partial charge >= 0.3 is 0 Å². The first kappa shape index (κ1) is 13.6. The molecule has 3 aromatic rings. The third kappa shape index (κ3) is 2.16. The normalized spacial score (nSPS) is 15.4. The number of rotatable bonds is 1. The zero-order chi connectivity index (χ0) is 15.3. The van der Waals surface area contributed by atoms with E-state index in [1.54, 1.807) is 12.1 Å². The third-order valence-electron chi connectivity index (χ3n) is 3.74. The van der Waals surface area contributed by atoms with E-state index in [0.717, 1.165) is 32.2 Å². The maximum atomic E-state index is 12.2. The lowest BCUT2D eigenvalue weighted by atomic mass is 10.0. The molecule has 2 heterocycles. The number of halogens is 2. The average Bonchev–Trinajstić information content (AvgIpc) is 3.01. The predicted octanol–water partition coefficient (Wildman–Crippen LogP) is 5.08. The molecule has 0 saturated carbocycles. The number of carbonyl (C=O) groups excluding carboxylic acids is 1. The van der Waals surface area contributed by atoms with Crippen molar-refractivity contribution < 1.29 is 4.79 Å². The van der Waals surface area contributed by atoms with Gasteiger partial charge < -0.3 is 10.3 Å². The van der Waals surface area contributed by atoms with Crippen molar-refractivity contribution in [2.45, 2.75) is 0 Å². The monoisotopic (exact) mass is 372 g/mol. The van der Waals surface area contributed by atoms with Gasteiger partial charge in [0.05, 0.1) is 5.69 Å². The van der Waals surface area contributed by atoms with Crippen molar-refractivity contribution in [1.29, 1.82) is 0 Å². The van der Waals surface area contributed by atoms with Gasteiger partial charge in [0.1, 0.15) is 0 Å². The molecule has 3 nitrogen and oxygen atoms in total. The fourth-order valence-corrected chi connectivity index (χ4v) is 3.23. The number of amides is 1. The molecule has 0 aliphatic carbocycles. The maximum absolute atomic E-state index is 12.2. The van der Waals surface area contributed by atoms with E-state index in [2.05, 4.69) is 26.2 Å². The summed E-state index contributed by atoms with van der Waals surface area (Å²) in [4.78, 5) is 15.4. The highest BCUT2D eigenvalue weighted by atomic mass is 79.9. The molecule has 0 saturated heterocycles. The van der Waals surface area contributed by atoms with Crippen LogP contribution in [0.25, 0.3) is 22.6 Å². The molecular formula is C17H10BrClN2O. The Morgan fingerprint density at radius 1 is 1.14 bits per heavy atom. The van der Waals surface area contributed by atoms with Crippen molar-refractivity contribution in [2.24, 2.45) is 0 Å². The van der Waals surface area contributed by atoms with Crippen molar-refractivity contribution in [3.63, 3.8) is 0 Å². The number of carbonyl (C=O) groups is 1. The van der Waals surface area contributed by atoms with Crippen molar-refractivity contribution in [2.75, 3.05) is 5.32 Å². The number of hydrogen-bond donors (Lipinski definition) is 2. The lowest BCUT2D eigenvalue weighted by molar-refractivity contribution is -0.110. The summed E-state index contributed by atoms with van der Waals surface area (Å²) >= 11 is 9.46. The lowest BCUT2D eigenvalue weighted by Crippen LogP contribution is -2.03. The van der Waals surface area contributed by atoms with Crippen LogP contribution < -0.4 is 5.32 Å². The summed E-state index contributed by atoms with van der Waals surface area (Å²) in [6, 6.07) is 11.4.